The normalized spacial score (nSPS) is 22.5. The summed E-state index contributed by atoms with van der Waals surface area (Å²) in [6.45, 7) is 7.45. The van der Waals surface area contributed by atoms with Crippen LogP contribution < -0.4 is 0 Å². The third-order valence-electron chi connectivity index (χ3n) is 3.59. The number of likely N-dealkylation sites (tertiary alicyclic amines) is 1. The predicted molar refractivity (Wildman–Crippen MR) is 76.5 cm³/mol. The van der Waals surface area contributed by atoms with Crippen LogP contribution in [0, 0.1) is 0 Å². The van der Waals surface area contributed by atoms with E-state index in [1.807, 2.05) is 11.8 Å². The van der Waals surface area contributed by atoms with E-state index in [9.17, 15) is 4.79 Å². The average molecular weight is 257 g/mol. The molecule has 3 heteroatoms. The predicted octanol–water partition coefficient (Wildman–Crippen LogP) is 3.70. The van der Waals surface area contributed by atoms with Crippen molar-refractivity contribution in [3.8, 4) is 0 Å². The van der Waals surface area contributed by atoms with E-state index in [4.69, 9.17) is 0 Å². The molecule has 0 aromatic rings. The lowest BCUT2D eigenvalue weighted by atomic mass is 10.00. The molecule has 0 spiro atoms. The number of rotatable bonds is 6. The van der Waals surface area contributed by atoms with Crippen LogP contribution in [0.4, 0.5) is 0 Å². The molecular formula is C14H27NOS. The van der Waals surface area contributed by atoms with Crippen molar-refractivity contribution < 1.29 is 4.79 Å². The first-order valence-electron chi connectivity index (χ1n) is 7.12. The summed E-state index contributed by atoms with van der Waals surface area (Å²) in [6.07, 6.45) is 7.23. The van der Waals surface area contributed by atoms with Crippen LogP contribution >= 0.6 is 11.8 Å². The number of hydrogen-bond donors (Lipinski definition) is 0. The van der Waals surface area contributed by atoms with Crippen molar-refractivity contribution in [3.05, 3.63) is 0 Å². The average Bonchev–Trinajstić information content (AvgIpc) is 2.38. The van der Waals surface area contributed by atoms with Gasteiger partial charge >= 0.3 is 0 Å². The molecule has 1 heterocycles. The summed E-state index contributed by atoms with van der Waals surface area (Å²) in [6, 6.07) is 0.505. The topological polar surface area (TPSA) is 20.3 Å². The van der Waals surface area contributed by atoms with Crippen molar-refractivity contribution in [1.29, 1.82) is 0 Å². The van der Waals surface area contributed by atoms with Crippen molar-refractivity contribution in [3.63, 3.8) is 0 Å². The van der Waals surface area contributed by atoms with Crippen LogP contribution in [0.25, 0.3) is 0 Å². The van der Waals surface area contributed by atoms with Crippen molar-refractivity contribution in [2.24, 2.45) is 0 Å². The van der Waals surface area contributed by atoms with Crippen LogP contribution in [-0.2, 0) is 4.79 Å². The van der Waals surface area contributed by atoms with Gasteiger partial charge < -0.3 is 4.90 Å². The van der Waals surface area contributed by atoms with Gasteiger partial charge in [-0.1, -0.05) is 20.3 Å². The monoisotopic (exact) mass is 257 g/mol. The van der Waals surface area contributed by atoms with E-state index in [1.165, 1.54) is 32.1 Å². The molecule has 1 rings (SSSR count). The summed E-state index contributed by atoms with van der Waals surface area (Å²) in [7, 11) is 0. The molecule has 2 atom stereocenters. The molecule has 0 bridgehead atoms. The molecule has 1 aliphatic heterocycles. The SMILES string of the molecule is CCCCSC(C)C(=O)N1CCCCC1CC. The second-order valence-electron chi connectivity index (χ2n) is 4.96. The van der Waals surface area contributed by atoms with Crippen molar-refractivity contribution >= 4 is 17.7 Å². The number of piperidine rings is 1. The lowest BCUT2D eigenvalue weighted by Crippen LogP contribution is -2.46. The number of unbranched alkanes of at least 4 members (excludes halogenated alkanes) is 1. The first-order valence-corrected chi connectivity index (χ1v) is 8.17. The molecule has 1 saturated heterocycles. The molecule has 2 unspecified atom stereocenters. The van der Waals surface area contributed by atoms with Gasteiger partial charge in [-0.15, -0.1) is 11.8 Å². The number of carbonyl (C=O) groups is 1. The molecule has 1 aliphatic rings. The van der Waals surface area contributed by atoms with Gasteiger partial charge in [0.2, 0.25) is 5.91 Å². The minimum atomic E-state index is 0.147. The van der Waals surface area contributed by atoms with E-state index >= 15 is 0 Å². The Labute approximate surface area is 111 Å². The van der Waals surface area contributed by atoms with Crippen molar-refractivity contribution in [2.45, 2.75) is 70.6 Å². The Morgan fingerprint density at radius 2 is 2.18 bits per heavy atom. The molecule has 0 saturated carbocycles. The molecule has 1 fully saturated rings. The fourth-order valence-corrected chi connectivity index (χ4v) is 3.51. The number of carbonyl (C=O) groups excluding carboxylic acids is 1. The summed E-state index contributed by atoms with van der Waals surface area (Å²) >= 11 is 1.82. The van der Waals surface area contributed by atoms with Gasteiger partial charge in [0.1, 0.15) is 0 Å². The minimum absolute atomic E-state index is 0.147. The fourth-order valence-electron chi connectivity index (χ4n) is 2.42. The van der Waals surface area contributed by atoms with Crippen molar-refractivity contribution in [1.82, 2.24) is 4.90 Å². The Morgan fingerprint density at radius 1 is 1.41 bits per heavy atom. The highest BCUT2D eigenvalue weighted by atomic mass is 32.2. The Kier molecular flexibility index (Phi) is 7.02. The van der Waals surface area contributed by atoms with Crippen LogP contribution in [0.3, 0.4) is 0 Å². The molecular weight excluding hydrogens is 230 g/mol. The Morgan fingerprint density at radius 3 is 2.82 bits per heavy atom. The Bertz CT molecular complexity index is 232. The van der Waals surface area contributed by atoms with Gasteiger partial charge in [-0.25, -0.2) is 0 Å². The molecule has 0 aromatic carbocycles. The van der Waals surface area contributed by atoms with E-state index in [2.05, 4.69) is 25.7 Å². The smallest absolute Gasteiger partial charge is 0.235 e. The highest BCUT2D eigenvalue weighted by Gasteiger charge is 2.28. The molecule has 2 nitrogen and oxygen atoms in total. The summed E-state index contributed by atoms with van der Waals surface area (Å²) in [5.41, 5.74) is 0. The van der Waals surface area contributed by atoms with Gasteiger partial charge in [-0.3, -0.25) is 4.79 Å². The molecule has 0 aromatic heterocycles. The zero-order chi connectivity index (χ0) is 12.7. The highest BCUT2D eigenvalue weighted by molar-refractivity contribution is 8.00. The van der Waals surface area contributed by atoms with Gasteiger partial charge in [0.25, 0.3) is 0 Å². The lowest BCUT2D eigenvalue weighted by Gasteiger charge is -2.36. The third-order valence-corrected chi connectivity index (χ3v) is 4.82. The largest absolute Gasteiger partial charge is 0.339 e. The third kappa shape index (κ3) is 4.53. The Balaban J connectivity index is 2.43. The first-order chi connectivity index (χ1) is 8.20. The highest BCUT2D eigenvalue weighted by Crippen LogP contribution is 2.23. The number of thioether (sulfide) groups is 1. The zero-order valence-corrected chi connectivity index (χ0v) is 12.4. The van der Waals surface area contributed by atoms with E-state index < -0.39 is 0 Å². The molecule has 0 radical (unpaired) electrons. The lowest BCUT2D eigenvalue weighted by molar-refractivity contribution is -0.134. The van der Waals surface area contributed by atoms with Crippen LogP contribution in [0.5, 0.6) is 0 Å². The second kappa shape index (κ2) is 8.02. The summed E-state index contributed by atoms with van der Waals surface area (Å²) in [5, 5.41) is 0.147. The van der Waals surface area contributed by atoms with Gasteiger partial charge in [0.05, 0.1) is 5.25 Å². The van der Waals surface area contributed by atoms with E-state index in [0.717, 1.165) is 18.7 Å². The summed E-state index contributed by atoms with van der Waals surface area (Å²) in [4.78, 5) is 14.5. The molecule has 100 valence electrons. The molecule has 1 amide bonds. The van der Waals surface area contributed by atoms with Crippen LogP contribution in [0.1, 0.15) is 59.3 Å². The number of hydrogen-bond acceptors (Lipinski definition) is 2. The number of nitrogens with zero attached hydrogens (tertiary/aromatic N) is 1. The van der Waals surface area contributed by atoms with Gasteiger partial charge in [-0.05, 0) is 44.8 Å². The summed E-state index contributed by atoms with van der Waals surface area (Å²) in [5.74, 6) is 1.49. The summed E-state index contributed by atoms with van der Waals surface area (Å²) < 4.78 is 0. The fraction of sp³-hybridized carbons (Fsp3) is 0.929. The quantitative estimate of drug-likeness (QED) is 0.676. The van der Waals surface area contributed by atoms with E-state index in [0.29, 0.717) is 11.9 Å². The Hall–Kier alpha value is -0.180. The maximum atomic E-state index is 12.4. The maximum absolute atomic E-state index is 12.4. The first kappa shape index (κ1) is 14.9. The maximum Gasteiger partial charge on any atom is 0.235 e. The zero-order valence-electron chi connectivity index (χ0n) is 11.6. The number of amides is 1. The van der Waals surface area contributed by atoms with Gasteiger partial charge in [-0.2, -0.15) is 0 Å². The standard InChI is InChI=1S/C14H27NOS/c1-4-6-11-17-12(3)14(16)15-10-8-7-9-13(15)5-2/h12-13H,4-11H2,1-3H3. The second-order valence-corrected chi connectivity index (χ2v) is 6.40. The van der Waals surface area contributed by atoms with Crippen LogP contribution in [0.15, 0.2) is 0 Å². The minimum Gasteiger partial charge on any atom is -0.339 e. The molecule has 0 aliphatic carbocycles. The molecule has 17 heavy (non-hydrogen) atoms. The van der Waals surface area contributed by atoms with Gasteiger partial charge in [0, 0.05) is 12.6 Å². The van der Waals surface area contributed by atoms with Gasteiger partial charge in [0.15, 0.2) is 0 Å². The van der Waals surface area contributed by atoms with Crippen LogP contribution in [-0.4, -0.2) is 34.4 Å². The van der Waals surface area contributed by atoms with E-state index in [-0.39, 0.29) is 5.25 Å². The van der Waals surface area contributed by atoms with E-state index in [1.54, 1.807) is 0 Å². The molecule has 0 N–H and O–H groups in total. The van der Waals surface area contributed by atoms with Crippen LogP contribution in [0.2, 0.25) is 0 Å². The van der Waals surface area contributed by atoms with Crippen molar-refractivity contribution in [2.75, 3.05) is 12.3 Å².